The van der Waals surface area contributed by atoms with Gasteiger partial charge in [-0.05, 0) is 24.6 Å². The minimum absolute atomic E-state index is 0.551. The summed E-state index contributed by atoms with van der Waals surface area (Å²) in [7, 11) is 0. The molecule has 5 aromatic rings. The Labute approximate surface area is 142 Å². The molecule has 0 aliphatic rings. The highest BCUT2D eigenvalue weighted by Crippen LogP contribution is 2.23. The van der Waals surface area contributed by atoms with Crippen LogP contribution in [0.25, 0.3) is 27.9 Å². The molecular weight excluding hydrogens is 316 g/mol. The van der Waals surface area contributed by atoms with Gasteiger partial charge in [0.15, 0.2) is 0 Å². The molecule has 25 heavy (non-hydrogen) atoms. The van der Waals surface area contributed by atoms with Crippen LogP contribution in [0.15, 0.2) is 49.2 Å². The van der Waals surface area contributed by atoms with Gasteiger partial charge in [-0.2, -0.15) is 5.10 Å². The lowest BCUT2D eigenvalue weighted by Crippen LogP contribution is -2.00. The summed E-state index contributed by atoms with van der Waals surface area (Å²) in [4.78, 5) is 9.04. The van der Waals surface area contributed by atoms with Crippen molar-refractivity contribution >= 4 is 16.6 Å². The number of nitrogens with one attached hydrogen (secondary N) is 1. The van der Waals surface area contributed by atoms with Crippen molar-refractivity contribution in [3.05, 3.63) is 60.4 Å². The Balaban J connectivity index is 1.48. The average Bonchev–Trinajstić information content (AvgIpc) is 3.32. The maximum absolute atomic E-state index is 4.62. The second kappa shape index (κ2) is 5.23. The normalized spacial score (nSPS) is 11.6. The van der Waals surface area contributed by atoms with Gasteiger partial charge in [-0.1, -0.05) is 11.3 Å². The summed E-state index contributed by atoms with van der Waals surface area (Å²) in [5.41, 5.74) is 5.45. The highest BCUT2D eigenvalue weighted by molar-refractivity contribution is 5.90. The molecule has 122 valence electrons. The molecule has 5 aromatic heterocycles. The van der Waals surface area contributed by atoms with Crippen molar-refractivity contribution in [2.24, 2.45) is 0 Å². The van der Waals surface area contributed by atoms with Gasteiger partial charge in [-0.15, -0.1) is 5.10 Å². The molecule has 0 radical (unpaired) electrons. The van der Waals surface area contributed by atoms with Gasteiger partial charge in [0.2, 0.25) is 0 Å². The van der Waals surface area contributed by atoms with Crippen molar-refractivity contribution in [1.29, 1.82) is 0 Å². The van der Waals surface area contributed by atoms with Gasteiger partial charge in [0.1, 0.15) is 17.0 Å². The van der Waals surface area contributed by atoms with E-state index in [2.05, 4.69) is 49.7 Å². The number of aryl methyl sites for hydroxylation is 1. The molecule has 0 unspecified atom stereocenters. The third kappa shape index (κ3) is 2.35. The van der Waals surface area contributed by atoms with E-state index in [0.29, 0.717) is 12.2 Å². The lowest BCUT2D eigenvalue weighted by molar-refractivity contribution is 0.641. The highest BCUT2D eigenvalue weighted by atomic mass is 15.4. The minimum atomic E-state index is 0.551. The van der Waals surface area contributed by atoms with Gasteiger partial charge < -0.3 is 4.40 Å². The Morgan fingerprint density at radius 2 is 2.08 bits per heavy atom. The molecule has 0 saturated carbocycles. The summed E-state index contributed by atoms with van der Waals surface area (Å²) in [5.74, 6) is 0. The number of H-pyrrole nitrogens is 1. The molecular formula is C17H14N8. The summed E-state index contributed by atoms with van der Waals surface area (Å²) >= 11 is 0. The van der Waals surface area contributed by atoms with Crippen molar-refractivity contribution < 1.29 is 0 Å². The fourth-order valence-electron chi connectivity index (χ4n) is 2.95. The average molecular weight is 330 g/mol. The Hall–Kier alpha value is -3.55. The summed E-state index contributed by atoms with van der Waals surface area (Å²) in [6.45, 7) is 2.61. The summed E-state index contributed by atoms with van der Waals surface area (Å²) in [6, 6.07) is 5.95. The number of hydrogen-bond acceptors (Lipinski definition) is 5. The molecule has 0 amide bonds. The van der Waals surface area contributed by atoms with Crippen LogP contribution in [-0.4, -0.2) is 39.6 Å². The van der Waals surface area contributed by atoms with E-state index >= 15 is 0 Å². The molecule has 0 bridgehead atoms. The molecule has 0 aliphatic carbocycles. The van der Waals surface area contributed by atoms with Crippen LogP contribution in [0.3, 0.4) is 0 Å². The van der Waals surface area contributed by atoms with Crippen LogP contribution in [0.4, 0.5) is 0 Å². The zero-order valence-corrected chi connectivity index (χ0v) is 13.5. The zero-order valence-electron chi connectivity index (χ0n) is 13.5. The number of fused-ring (bicyclic) bond motifs is 2. The summed E-state index contributed by atoms with van der Waals surface area (Å²) in [6.07, 6.45) is 9.44. The molecule has 0 spiro atoms. The van der Waals surface area contributed by atoms with Crippen molar-refractivity contribution in [2.75, 3.05) is 0 Å². The van der Waals surface area contributed by atoms with Crippen LogP contribution < -0.4 is 0 Å². The van der Waals surface area contributed by atoms with Gasteiger partial charge in [0.25, 0.3) is 0 Å². The number of aromatic amines is 1. The topological polar surface area (TPSA) is 89.6 Å². The first-order valence-corrected chi connectivity index (χ1v) is 7.89. The van der Waals surface area contributed by atoms with Crippen LogP contribution in [0.5, 0.6) is 0 Å². The SMILES string of the molecule is Cc1ccc2nc(Cn3cc(-c4nccc5[nH]ncc45)nn3)cn2c1. The molecule has 0 atom stereocenters. The first-order valence-electron chi connectivity index (χ1n) is 7.89. The first kappa shape index (κ1) is 13.8. The number of imidazole rings is 1. The molecule has 5 rings (SSSR count). The predicted octanol–water partition coefficient (Wildman–Crippen LogP) is 2.22. The van der Waals surface area contributed by atoms with Gasteiger partial charge in [0.05, 0.1) is 30.1 Å². The fraction of sp³-hybridized carbons (Fsp3) is 0.118. The lowest BCUT2D eigenvalue weighted by Gasteiger charge is -1.96. The van der Waals surface area contributed by atoms with Gasteiger partial charge in [0, 0.05) is 24.0 Å². The Kier molecular flexibility index (Phi) is 2.90. The molecule has 0 fully saturated rings. The number of hydrogen-bond donors (Lipinski definition) is 1. The van der Waals surface area contributed by atoms with Crippen LogP contribution in [0.1, 0.15) is 11.3 Å². The van der Waals surface area contributed by atoms with Crippen molar-refractivity contribution in [2.45, 2.75) is 13.5 Å². The second-order valence-corrected chi connectivity index (χ2v) is 6.00. The Morgan fingerprint density at radius 3 is 3.04 bits per heavy atom. The Morgan fingerprint density at radius 1 is 1.12 bits per heavy atom. The molecule has 1 N–H and O–H groups in total. The molecule has 8 nitrogen and oxygen atoms in total. The molecule has 5 heterocycles. The van der Waals surface area contributed by atoms with Crippen molar-refractivity contribution in [3.63, 3.8) is 0 Å². The van der Waals surface area contributed by atoms with E-state index in [4.69, 9.17) is 0 Å². The standard InChI is InChI=1S/C17H14N8/c1-11-2-3-16-20-12(8-24(16)7-11)9-25-10-15(22-23-25)17-13-6-19-21-14(13)4-5-18-17/h2-8,10H,9H2,1H3,(H,19,21). The quantitative estimate of drug-likeness (QED) is 0.548. The van der Waals surface area contributed by atoms with Gasteiger partial charge in [-0.3, -0.25) is 10.1 Å². The minimum Gasteiger partial charge on any atom is -0.306 e. The van der Waals surface area contributed by atoms with Gasteiger partial charge >= 0.3 is 0 Å². The number of aromatic nitrogens is 8. The maximum Gasteiger partial charge on any atom is 0.137 e. The number of pyridine rings is 2. The van der Waals surface area contributed by atoms with Crippen LogP contribution >= 0.6 is 0 Å². The molecule has 8 heteroatoms. The fourth-order valence-corrected chi connectivity index (χ4v) is 2.95. The summed E-state index contributed by atoms with van der Waals surface area (Å²) in [5, 5.41) is 16.4. The number of rotatable bonds is 3. The van der Waals surface area contributed by atoms with E-state index in [-0.39, 0.29) is 0 Å². The molecule has 0 aliphatic heterocycles. The Bertz CT molecular complexity index is 1200. The smallest absolute Gasteiger partial charge is 0.137 e. The van der Waals surface area contributed by atoms with E-state index in [0.717, 1.165) is 27.9 Å². The third-order valence-corrected chi connectivity index (χ3v) is 4.12. The number of nitrogens with zero attached hydrogens (tertiary/aromatic N) is 7. The highest BCUT2D eigenvalue weighted by Gasteiger charge is 2.11. The van der Waals surface area contributed by atoms with E-state index in [9.17, 15) is 0 Å². The van der Waals surface area contributed by atoms with E-state index < -0.39 is 0 Å². The van der Waals surface area contributed by atoms with Crippen molar-refractivity contribution in [1.82, 2.24) is 39.6 Å². The third-order valence-electron chi connectivity index (χ3n) is 4.12. The summed E-state index contributed by atoms with van der Waals surface area (Å²) < 4.78 is 3.79. The lowest BCUT2D eigenvalue weighted by atomic mass is 10.2. The second-order valence-electron chi connectivity index (χ2n) is 6.00. The van der Waals surface area contributed by atoms with Crippen LogP contribution in [0, 0.1) is 6.92 Å². The zero-order chi connectivity index (χ0) is 16.8. The molecule has 0 saturated heterocycles. The van der Waals surface area contributed by atoms with E-state index in [1.807, 2.05) is 28.9 Å². The maximum atomic E-state index is 4.62. The van der Waals surface area contributed by atoms with E-state index in [1.165, 1.54) is 5.56 Å². The largest absolute Gasteiger partial charge is 0.306 e. The van der Waals surface area contributed by atoms with Gasteiger partial charge in [-0.25, -0.2) is 9.67 Å². The van der Waals surface area contributed by atoms with Crippen LogP contribution in [0.2, 0.25) is 0 Å². The monoisotopic (exact) mass is 330 g/mol. The molecule has 0 aromatic carbocycles. The predicted molar refractivity (Wildman–Crippen MR) is 91.9 cm³/mol. The van der Waals surface area contributed by atoms with Crippen molar-refractivity contribution in [3.8, 4) is 11.4 Å². The van der Waals surface area contributed by atoms with E-state index in [1.54, 1.807) is 17.1 Å². The van der Waals surface area contributed by atoms with Crippen LogP contribution in [-0.2, 0) is 6.54 Å². The first-order chi connectivity index (χ1) is 12.3.